The first-order valence-corrected chi connectivity index (χ1v) is 6.83. The molecular formula is C12H17N3O2S. The lowest BCUT2D eigenvalue weighted by atomic mass is 9.94. The van der Waals surface area contributed by atoms with Gasteiger partial charge in [0, 0.05) is 4.88 Å². The summed E-state index contributed by atoms with van der Waals surface area (Å²) in [7, 11) is 0. The highest BCUT2D eigenvalue weighted by molar-refractivity contribution is 7.09. The number of aryl methyl sites for hydroxylation is 1. The molecule has 1 atom stereocenters. The molecule has 0 bridgehead atoms. The van der Waals surface area contributed by atoms with Gasteiger partial charge in [-0.3, -0.25) is 9.59 Å². The number of rotatable bonds is 3. The zero-order chi connectivity index (χ0) is 13.3. The van der Waals surface area contributed by atoms with Crippen LogP contribution in [0.2, 0.25) is 0 Å². The lowest BCUT2D eigenvalue weighted by molar-refractivity contribution is -0.149. The molecule has 1 saturated heterocycles. The van der Waals surface area contributed by atoms with E-state index in [0.717, 1.165) is 10.6 Å². The van der Waals surface area contributed by atoms with Gasteiger partial charge in [-0.2, -0.15) is 0 Å². The number of nitrogens with one attached hydrogen (secondary N) is 1. The molecule has 0 aliphatic carbocycles. The lowest BCUT2D eigenvalue weighted by Gasteiger charge is -2.39. The average Bonchev–Trinajstić information content (AvgIpc) is 2.71. The van der Waals surface area contributed by atoms with Gasteiger partial charge in [-0.1, -0.05) is 6.92 Å². The molecular weight excluding hydrogens is 250 g/mol. The van der Waals surface area contributed by atoms with Gasteiger partial charge >= 0.3 is 0 Å². The zero-order valence-electron chi connectivity index (χ0n) is 10.8. The summed E-state index contributed by atoms with van der Waals surface area (Å²) < 4.78 is 0. The fourth-order valence-corrected chi connectivity index (χ4v) is 2.81. The van der Waals surface area contributed by atoms with E-state index in [0.29, 0.717) is 13.0 Å². The highest BCUT2D eigenvalue weighted by atomic mass is 32.1. The molecule has 1 unspecified atom stereocenters. The normalized spacial score (nSPS) is 24.3. The maximum absolute atomic E-state index is 12.4. The predicted octanol–water partition coefficient (Wildman–Crippen LogP) is 1.08. The first-order valence-electron chi connectivity index (χ1n) is 5.95. The molecule has 0 spiro atoms. The molecule has 2 rings (SSSR count). The van der Waals surface area contributed by atoms with E-state index in [1.165, 1.54) is 11.3 Å². The van der Waals surface area contributed by atoms with Crippen LogP contribution in [0.15, 0.2) is 5.51 Å². The van der Waals surface area contributed by atoms with Crippen molar-refractivity contribution in [3.63, 3.8) is 0 Å². The van der Waals surface area contributed by atoms with Crippen LogP contribution in [0.5, 0.6) is 0 Å². The third-order valence-electron chi connectivity index (χ3n) is 3.40. The Hall–Kier alpha value is -1.43. The average molecular weight is 267 g/mol. The van der Waals surface area contributed by atoms with Crippen LogP contribution in [0.3, 0.4) is 0 Å². The van der Waals surface area contributed by atoms with Crippen molar-refractivity contribution in [3.8, 4) is 0 Å². The van der Waals surface area contributed by atoms with Gasteiger partial charge < -0.3 is 10.2 Å². The van der Waals surface area contributed by atoms with Crippen LogP contribution in [-0.4, -0.2) is 33.8 Å². The van der Waals surface area contributed by atoms with E-state index in [1.807, 2.05) is 13.8 Å². The van der Waals surface area contributed by atoms with Crippen molar-refractivity contribution in [1.29, 1.82) is 0 Å². The Balaban J connectivity index is 2.20. The Morgan fingerprint density at radius 3 is 2.83 bits per heavy atom. The van der Waals surface area contributed by atoms with E-state index < -0.39 is 5.54 Å². The monoisotopic (exact) mass is 267 g/mol. The van der Waals surface area contributed by atoms with Crippen LogP contribution in [-0.2, 0) is 16.1 Å². The zero-order valence-corrected chi connectivity index (χ0v) is 11.6. The first-order chi connectivity index (χ1) is 8.46. The molecule has 0 saturated carbocycles. The van der Waals surface area contributed by atoms with Gasteiger partial charge in [0.2, 0.25) is 11.8 Å². The molecule has 2 heterocycles. The molecule has 2 amide bonds. The van der Waals surface area contributed by atoms with Crippen LogP contribution in [0.4, 0.5) is 0 Å². The van der Waals surface area contributed by atoms with E-state index in [-0.39, 0.29) is 18.4 Å². The van der Waals surface area contributed by atoms with Crippen molar-refractivity contribution in [2.24, 2.45) is 0 Å². The van der Waals surface area contributed by atoms with Crippen molar-refractivity contribution in [3.05, 3.63) is 16.1 Å². The van der Waals surface area contributed by atoms with Gasteiger partial charge in [-0.25, -0.2) is 4.98 Å². The maximum atomic E-state index is 12.4. The molecule has 1 aliphatic rings. The van der Waals surface area contributed by atoms with Gasteiger partial charge in [0.15, 0.2) is 0 Å². The Bertz CT molecular complexity index is 485. The minimum atomic E-state index is -0.770. The number of thiazole rings is 1. The second-order valence-corrected chi connectivity index (χ2v) is 5.70. The number of carbonyl (C=O) groups is 2. The molecule has 18 heavy (non-hydrogen) atoms. The van der Waals surface area contributed by atoms with Crippen molar-refractivity contribution >= 4 is 23.2 Å². The summed E-state index contributed by atoms with van der Waals surface area (Å²) in [6, 6.07) is 0. The smallest absolute Gasteiger partial charge is 0.248 e. The number of carbonyl (C=O) groups excluding carboxylic acids is 2. The minimum Gasteiger partial charge on any atom is -0.340 e. The molecule has 1 fully saturated rings. The third-order valence-corrected chi connectivity index (χ3v) is 4.32. The SMILES string of the molecule is CCC1(C)NC(=O)CN(Cc2scnc2C)C1=O. The quantitative estimate of drug-likeness (QED) is 0.891. The molecule has 1 aliphatic heterocycles. The number of piperazine rings is 1. The highest BCUT2D eigenvalue weighted by Gasteiger charge is 2.41. The van der Waals surface area contributed by atoms with E-state index in [1.54, 1.807) is 17.3 Å². The topological polar surface area (TPSA) is 62.3 Å². The van der Waals surface area contributed by atoms with Crippen LogP contribution >= 0.6 is 11.3 Å². The summed E-state index contributed by atoms with van der Waals surface area (Å²) in [6.45, 7) is 6.20. The van der Waals surface area contributed by atoms with E-state index in [4.69, 9.17) is 0 Å². The Kier molecular flexibility index (Phi) is 3.38. The molecule has 1 N–H and O–H groups in total. The van der Waals surface area contributed by atoms with E-state index in [2.05, 4.69) is 10.3 Å². The number of aromatic nitrogens is 1. The summed E-state index contributed by atoms with van der Waals surface area (Å²) >= 11 is 1.52. The van der Waals surface area contributed by atoms with Crippen LogP contribution < -0.4 is 5.32 Å². The third kappa shape index (κ3) is 2.25. The van der Waals surface area contributed by atoms with Crippen LogP contribution in [0, 0.1) is 6.92 Å². The summed E-state index contributed by atoms with van der Waals surface area (Å²) in [6.07, 6.45) is 0.593. The maximum Gasteiger partial charge on any atom is 0.248 e. The van der Waals surface area contributed by atoms with Crippen molar-refractivity contribution < 1.29 is 9.59 Å². The van der Waals surface area contributed by atoms with E-state index >= 15 is 0 Å². The largest absolute Gasteiger partial charge is 0.340 e. The van der Waals surface area contributed by atoms with E-state index in [9.17, 15) is 9.59 Å². The first kappa shape index (κ1) is 13.0. The number of nitrogens with zero attached hydrogens (tertiary/aromatic N) is 2. The fraction of sp³-hybridized carbons (Fsp3) is 0.583. The van der Waals surface area contributed by atoms with Gasteiger partial charge in [0.25, 0.3) is 0 Å². The lowest BCUT2D eigenvalue weighted by Crippen LogP contribution is -2.64. The summed E-state index contributed by atoms with van der Waals surface area (Å²) in [5.41, 5.74) is 1.92. The second kappa shape index (κ2) is 4.68. The summed E-state index contributed by atoms with van der Waals surface area (Å²) in [4.78, 5) is 30.9. The second-order valence-electron chi connectivity index (χ2n) is 4.76. The van der Waals surface area contributed by atoms with Crippen molar-refractivity contribution in [1.82, 2.24) is 15.2 Å². The Morgan fingerprint density at radius 2 is 2.28 bits per heavy atom. The highest BCUT2D eigenvalue weighted by Crippen LogP contribution is 2.22. The van der Waals surface area contributed by atoms with Crippen molar-refractivity contribution in [2.45, 2.75) is 39.3 Å². The van der Waals surface area contributed by atoms with Crippen molar-refractivity contribution in [2.75, 3.05) is 6.54 Å². The molecule has 1 aromatic heterocycles. The van der Waals surface area contributed by atoms with Gasteiger partial charge in [0.1, 0.15) is 12.1 Å². The molecule has 0 aromatic carbocycles. The van der Waals surface area contributed by atoms with Gasteiger partial charge in [-0.15, -0.1) is 11.3 Å². The van der Waals surface area contributed by atoms with Gasteiger partial charge in [0.05, 0.1) is 17.7 Å². The number of hydrogen-bond acceptors (Lipinski definition) is 4. The van der Waals surface area contributed by atoms with Gasteiger partial charge in [-0.05, 0) is 20.3 Å². The summed E-state index contributed by atoms with van der Waals surface area (Å²) in [5, 5.41) is 2.77. The van der Waals surface area contributed by atoms with Crippen LogP contribution in [0.25, 0.3) is 0 Å². The number of hydrogen-bond donors (Lipinski definition) is 1. The Labute approximate surface area is 110 Å². The molecule has 6 heteroatoms. The standard InChI is InChI=1S/C12H17N3O2S/c1-4-12(3)11(17)15(6-10(16)14-12)5-9-8(2)13-7-18-9/h7H,4-6H2,1-3H3,(H,14,16). The summed E-state index contributed by atoms with van der Waals surface area (Å²) in [5.74, 6) is -0.112. The number of amides is 2. The minimum absolute atomic E-state index is 0.0163. The van der Waals surface area contributed by atoms with Crippen LogP contribution in [0.1, 0.15) is 30.8 Å². The molecule has 98 valence electrons. The fourth-order valence-electron chi connectivity index (χ4n) is 2.01. The Morgan fingerprint density at radius 1 is 1.56 bits per heavy atom. The molecule has 0 radical (unpaired) electrons. The predicted molar refractivity (Wildman–Crippen MR) is 69.1 cm³/mol. The molecule has 5 nitrogen and oxygen atoms in total. The molecule has 1 aromatic rings.